The van der Waals surface area contributed by atoms with E-state index >= 15 is 0 Å². The van der Waals surface area contributed by atoms with Gasteiger partial charge in [-0.3, -0.25) is 4.79 Å². The topological polar surface area (TPSA) is 32.3 Å². The summed E-state index contributed by atoms with van der Waals surface area (Å²) < 4.78 is 25.9. The minimum Gasteiger partial charge on any atom is -0.311 e. The Bertz CT molecular complexity index is 437. The van der Waals surface area contributed by atoms with E-state index in [9.17, 15) is 13.6 Å². The largest absolute Gasteiger partial charge is 0.311 e. The van der Waals surface area contributed by atoms with Crippen LogP contribution in [0.3, 0.4) is 0 Å². The Balaban J connectivity index is 2.26. The highest BCUT2D eigenvalue weighted by atomic mass is 19.2. The fourth-order valence-corrected chi connectivity index (χ4v) is 2.05. The molecular formula is C12H14F2N2O. The Morgan fingerprint density at radius 2 is 2.12 bits per heavy atom. The second-order valence-electron chi connectivity index (χ2n) is 4.07. The van der Waals surface area contributed by atoms with Crippen molar-refractivity contribution in [2.75, 3.05) is 18.5 Å². The van der Waals surface area contributed by atoms with Gasteiger partial charge >= 0.3 is 0 Å². The zero-order valence-corrected chi connectivity index (χ0v) is 9.54. The van der Waals surface area contributed by atoms with Gasteiger partial charge in [0.15, 0.2) is 11.6 Å². The summed E-state index contributed by atoms with van der Waals surface area (Å²) >= 11 is 0. The van der Waals surface area contributed by atoms with Crippen molar-refractivity contribution in [3.05, 3.63) is 29.8 Å². The van der Waals surface area contributed by atoms with Gasteiger partial charge in [0.2, 0.25) is 5.91 Å². The summed E-state index contributed by atoms with van der Waals surface area (Å²) in [6, 6.07) is 3.29. The van der Waals surface area contributed by atoms with E-state index < -0.39 is 11.6 Å². The van der Waals surface area contributed by atoms with Crippen LogP contribution in [-0.4, -0.2) is 25.5 Å². The van der Waals surface area contributed by atoms with Crippen molar-refractivity contribution in [3.8, 4) is 0 Å². The van der Waals surface area contributed by atoms with Crippen LogP contribution in [0.15, 0.2) is 18.2 Å². The number of halogens is 2. The van der Waals surface area contributed by atoms with Gasteiger partial charge in [-0.15, -0.1) is 0 Å². The van der Waals surface area contributed by atoms with Crippen molar-refractivity contribution < 1.29 is 13.6 Å². The second-order valence-corrected chi connectivity index (χ2v) is 4.07. The summed E-state index contributed by atoms with van der Waals surface area (Å²) in [6.45, 7) is 0.544. The van der Waals surface area contributed by atoms with Gasteiger partial charge in [-0.25, -0.2) is 8.78 Å². The van der Waals surface area contributed by atoms with E-state index in [-0.39, 0.29) is 11.9 Å². The Morgan fingerprint density at radius 3 is 2.76 bits per heavy atom. The molecule has 3 nitrogen and oxygen atoms in total. The first-order chi connectivity index (χ1) is 8.13. The first-order valence-electron chi connectivity index (χ1n) is 5.57. The maximum Gasteiger partial charge on any atom is 0.244 e. The number of hydrogen-bond acceptors (Lipinski definition) is 2. The Kier molecular flexibility index (Phi) is 3.38. The van der Waals surface area contributed by atoms with Crippen LogP contribution in [0, 0.1) is 11.6 Å². The average Bonchev–Trinajstić information content (AvgIpc) is 2.33. The molecule has 1 unspecified atom stereocenters. The van der Waals surface area contributed by atoms with Gasteiger partial charge in [0.1, 0.15) is 0 Å². The number of carbonyl (C=O) groups is 1. The van der Waals surface area contributed by atoms with Crippen LogP contribution in [0.5, 0.6) is 0 Å². The van der Waals surface area contributed by atoms with Crippen molar-refractivity contribution >= 4 is 11.6 Å². The summed E-state index contributed by atoms with van der Waals surface area (Å²) in [5.74, 6) is -1.92. The maximum absolute atomic E-state index is 13.1. The van der Waals surface area contributed by atoms with Crippen molar-refractivity contribution in [1.82, 2.24) is 5.32 Å². The lowest BCUT2D eigenvalue weighted by Gasteiger charge is -2.32. The summed E-state index contributed by atoms with van der Waals surface area (Å²) in [5, 5.41) is 2.92. The zero-order chi connectivity index (χ0) is 12.4. The molecule has 1 atom stereocenters. The predicted molar refractivity (Wildman–Crippen MR) is 60.8 cm³/mol. The van der Waals surface area contributed by atoms with Crippen LogP contribution in [0.2, 0.25) is 0 Å². The van der Waals surface area contributed by atoms with Gasteiger partial charge in [0.05, 0.1) is 6.04 Å². The molecule has 1 aromatic rings. The third kappa shape index (κ3) is 2.29. The van der Waals surface area contributed by atoms with E-state index in [1.165, 1.54) is 11.0 Å². The van der Waals surface area contributed by atoms with E-state index in [4.69, 9.17) is 0 Å². The minimum atomic E-state index is -0.929. The molecule has 5 heteroatoms. The molecule has 1 fully saturated rings. The molecule has 2 rings (SSSR count). The quantitative estimate of drug-likeness (QED) is 0.853. The van der Waals surface area contributed by atoms with Gasteiger partial charge in [0.25, 0.3) is 0 Å². The van der Waals surface area contributed by atoms with Crippen molar-refractivity contribution in [2.45, 2.75) is 18.9 Å². The highest BCUT2D eigenvalue weighted by molar-refractivity contribution is 5.97. The number of anilines is 1. The molecule has 0 aromatic heterocycles. The van der Waals surface area contributed by atoms with Crippen LogP contribution < -0.4 is 10.2 Å². The number of nitrogens with one attached hydrogen (secondary N) is 1. The first kappa shape index (κ1) is 12.0. The Hall–Kier alpha value is -1.49. The molecule has 1 aliphatic rings. The number of nitrogens with zero attached hydrogens (tertiary/aromatic N) is 1. The third-order valence-electron chi connectivity index (χ3n) is 3.00. The van der Waals surface area contributed by atoms with Gasteiger partial charge in [0, 0.05) is 18.3 Å². The van der Waals surface area contributed by atoms with E-state index in [0.717, 1.165) is 25.0 Å². The number of benzene rings is 1. The second kappa shape index (κ2) is 4.79. The summed E-state index contributed by atoms with van der Waals surface area (Å²) in [4.78, 5) is 13.5. The molecule has 0 aliphatic carbocycles. The Morgan fingerprint density at radius 1 is 1.35 bits per heavy atom. The van der Waals surface area contributed by atoms with E-state index in [2.05, 4.69) is 5.32 Å². The van der Waals surface area contributed by atoms with E-state index in [1.807, 2.05) is 0 Å². The fraction of sp³-hybridized carbons (Fsp3) is 0.417. The standard InChI is InChI=1S/C12H14F2N2O/c1-15-11-3-2-6-16(12(11)17)8-4-5-9(13)10(14)7-8/h4-5,7,11,15H,2-3,6H2,1H3. The summed E-state index contributed by atoms with van der Waals surface area (Å²) in [7, 11) is 1.72. The highest BCUT2D eigenvalue weighted by Crippen LogP contribution is 2.22. The van der Waals surface area contributed by atoms with Crippen LogP contribution in [0.4, 0.5) is 14.5 Å². The normalized spacial score (nSPS) is 20.8. The molecule has 1 aliphatic heterocycles. The molecular weight excluding hydrogens is 226 g/mol. The smallest absolute Gasteiger partial charge is 0.244 e. The van der Waals surface area contributed by atoms with Crippen LogP contribution >= 0.6 is 0 Å². The molecule has 17 heavy (non-hydrogen) atoms. The van der Waals surface area contributed by atoms with Crippen molar-refractivity contribution in [3.63, 3.8) is 0 Å². The van der Waals surface area contributed by atoms with E-state index in [1.54, 1.807) is 7.05 Å². The van der Waals surface area contributed by atoms with Gasteiger partial charge in [-0.1, -0.05) is 0 Å². The molecule has 1 heterocycles. The summed E-state index contributed by atoms with van der Waals surface area (Å²) in [5.41, 5.74) is 0.411. The predicted octanol–water partition coefficient (Wildman–Crippen LogP) is 1.68. The van der Waals surface area contributed by atoms with E-state index in [0.29, 0.717) is 12.2 Å². The summed E-state index contributed by atoms with van der Waals surface area (Å²) in [6.07, 6.45) is 1.62. The van der Waals surface area contributed by atoms with Crippen LogP contribution in [-0.2, 0) is 4.79 Å². The van der Waals surface area contributed by atoms with Gasteiger partial charge in [-0.2, -0.15) is 0 Å². The molecule has 0 bridgehead atoms. The molecule has 0 spiro atoms. The van der Waals surface area contributed by atoms with Crippen LogP contribution in [0.1, 0.15) is 12.8 Å². The van der Waals surface area contributed by atoms with Crippen molar-refractivity contribution in [2.24, 2.45) is 0 Å². The number of rotatable bonds is 2. The lowest BCUT2D eigenvalue weighted by molar-refractivity contribution is -0.121. The first-order valence-corrected chi connectivity index (χ1v) is 5.57. The van der Waals surface area contributed by atoms with Crippen LogP contribution in [0.25, 0.3) is 0 Å². The molecule has 1 amide bonds. The number of hydrogen-bond donors (Lipinski definition) is 1. The number of amides is 1. The average molecular weight is 240 g/mol. The molecule has 1 saturated heterocycles. The van der Waals surface area contributed by atoms with Crippen molar-refractivity contribution in [1.29, 1.82) is 0 Å². The molecule has 0 saturated carbocycles. The zero-order valence-electron chi connectivity index (χ0n) is 9.54. The lowest BCUT2D eigenvalue weighted by Crippen LogP contribution is -2.49. The number of carbonyl (C=O) groups excluding carboxylic acids is 1. The fourth-order valence-electron chi connectivity index (χ4n) is 2.05. The molecule has 92 valence electrons. The maximum atomic E-state index is 13.1. The minimum absolute atomic E-state index is 0.0928. The number of likely N-dealkylation sites (N-methyl/N-ethyl adjacent to an activating group) is 1. The third-order valence-corrected chi connectivity index (χ3v) is 3.00. The SMILES string of the molecule is CNC1CCCN(c2ccc(F)c(F)c2)C1=O. The lowest BCUT2D eigenvalue weighted by atomic mass is 10.0. The monoisotopic (exact) mass is 240 g/mol. The van der Waals surface area contributed by atoms with Gasteiger partial charge < -0.3 is 10.2 Å². The molecule has 1 aromatic carbocycles. The number of piperidine rings is 1. The highest BCUT2D eigenvalue weighted by Gasteiger charge is 2.28. The molecule has 0 radical (unpaired) electrons. The van der Waals surface area contributed by atoms with Gasteiger partial charge in [-0.05, 0) is 32.0 Å². The Labute approximate surface area is 98.4 Å². The molecule has 1 N–H and O–H groups in total.